The van der Waals surface area contributed by atoms with Crippen LogP contribution in [0.15, 0.2) is 54.2 Å². The minimum atomic E-state index is 0.0876. The van der Waals surface area contributed by atoms with Crippen LogP contribution in [0.4, 0.5) is 5.69 Å². The number of aryl methyl sites for hydroxylation is 1. The summed E-state index contributed by atoms with van der Waals surface area (Å²) in [6, 6.07) is 16.2. The highest BCUT2D eigenvalue weighted by molar-refractivity contribution is 5.71. The van der Waals surface area contributed by atoms with Gasteiger partial charge in [-0.05, 0) is 51.8 Å². The van der Waals surface area contributed by atoms with Gasteiger partial charge in [0, 0.05) is 22.5 Å². The molecule has 0 amide bonds. The fourth-order valence-corrected chi connectivity index (χ4v) is 2.72. The fourth-order valence-electron chi connectivity index (χ4n) is 2.72. The Hall–Kier alpha value is -2.42. The fraction of sp³-hybridized carbons (Fsp3) is 0.300. The van der Waals surface area contributed by atoms with Crippen molar-refractivity contribution in [1.29, 1.82) is 0 Å². The summed E-state index contributed by atoms with van der Waals surface area (Å²) in [6.45, 7) is 8.39. The van der Waals surface area contributed by atoms with E-state index in [1.165, 1.54) is 16.7 Å². The molecule has 3 nitrogen and oxygen atoms in total. The van der Waals surface area contributed by atoms with Gasteiger partial charge in [-0.15, -0.1) is 0 Å². The number of benzene rings is 2. The van der Waals surface area contributed by atoms with Crippen LogP contribution in [0.3, 0.4) is 0 Å². The van der Waals surface area contributed by atoms with E-state index in [4.69, 9.17) is 11.5 Å². The lowest BCUT2D eigenvalue weighted by atomic mass is 9.85. The second kappa shape index (κ2) is 6.78. The highest BCUT2D eigenvalue weighted by Gasteiger charge is 2.27. The number of nitrogen functional groups attached to an aromatic ring is 1. The zero-order valence-electron chi connectivity index (χ0n) is 14.5. The van der Waals surface area contributed by atoms with Crippen molar-refractivity contribution in [2.24, 2.45) is 5.73 Å². The largest absolute Gasteiger partial charge is 0.401 e. The molecule has 0 aliphatic carbocycles. The van der Waals surface area contributed by atoms with Crippen molar-refractivity contribution in [3.8, 4) is 0 Å². The molecular weight excluding hydrogens is 282 g/mol. The van der Waals surface area contributed by atoms with Gasteiger partial charge < -0.3 is 16.8 Å². The van der Waals surface area contributed by atoms with Crippen LogP contribution in [0.5, 0.6) is 0 Å². The number of nitrogens with one attached hydrogen (secondary N) is 1. The van der Waals surface area contributed by atoms with Crippen LogP contribution in [0.25, 0.3) is 5.70 Å². The zero-order chi connectivity index (χ0) is 17.0. The number of anilines is 1. The van der Waals surface area contributed by atoms with Crippen molar-refractivity contribution in [3.63, 3.8) is 0 Å². The molecule has 2 aromatic rings. The number of hydrogen-bond donors (Lipinski definition) is 3. The molecule has 0 radical (unpaired) electrons. The third kappa shape index (κ3) is 4.52. The van der Waals surface area contributed by atoms with Gasteiger partial charge in [-0.1, -0.05) is 42.0 Å². The monoisotopic (exact) mass is 309 g/mol. The number of hydrogen-bond acceptors (Lipinski definition) is 3. The molecule has 1 aliphatic heterocycles. The first kappa shape index (κ1) is 16.9. The molecule has 0 saturated heterocycles. The second-order valence-electron chi connectivity index (χ2n) is 6.81. The molecule has 2 aromatic carbocycles. The maximum atomic E-state index is 5.92. The van der Waals surface area contributed by atoms with E-state index >= 15 is 0 Å². The van der Waals surface area contributed by atoms with Crippen LogP contribution in [0.1, 0.15) is 37.5 Å². The van der Waals surface area contributed by atoms with Gasteiger partial charge in [0.2, 0.25) is 0 Å². The SMILES string of the molecule is C/C(N)=C1\NC(C)(C)Cc2ccccc21.Cc1ccc(N)cc1. The molecule has 1 heterocycles. The zero-order valence-corrected chi connectivity index (χ0v) is 14.5. The summed E-state index contributed by atoms with van der Waals surface area (Å²) in [5, 5.41) is 3.50. The smallest absolute Gasteiger partial charge is 0.0608 e. The molecule has 122 valence electrons. The van der Waals surface area contributed by atoms with Gasteiger partial charge in [-0.25, -0.2) is 0 Å². The van der Waals surface area contributed by atoms with E-state index in [1.54, 1.807) is 0 Å². The lowest BCUT2D eigenvalue weighted by molar-refractivity contribution is 0.436. The van der Waals surface area contributed by atoms with Gasteiger partial charge in [0.15, 0.2) is 0 Å². The summed E-state index contributed by atoms with van der Waals surface area (Å²) >= 11 is 0. The Morgan fingerprint density at radius 2 is 1.65 bits per heavy atom. The molecule has 0 aromatic heterocycles. The van der Waals surface area contributed by atoms with Crippen LogP contribution in [-0.4, -0.2) is 5.54 Å². The van der Waals surface area contributed by atoms with E-state index in [0.29, 0.717) is 0 Å². The molecule has 0 unspecified atom stereocenters. The highest BCUT2D eigenvalue weighted by atomic mass is 15.0. The van der Waals surface area contributed by atoms with Crippen molar-refractivity contribution in [2.45, 2.75) is 39.7 Å². The van der Waals surface area contributed by atoms with Crippen LogP contribution in [-0.2, 0) is 6.42 Å². The molecule has 3 heteroatoms. The van der Waals surface area contributed by atoms with Crippen LogP contribution in [0, 0.1) is 6.92 Å². The van der Waals surface area contributed by atoms with Gasteiger partial charge >= 0.3 is 0 Å². The summed E-state index contributed by atoms with van der Waals surface area (Å²) in [5.74, 6) is 0. The second-order valence-corrected chi connectivity index (χ2v) is 6.81. The average Bonchev–Trinajstić information content (AvgIpc) is 2.49. The first-order valence-electron chi connectivity index (χ1n) is 7.93. The Labute approximate surface area is 139 Å². The molecule has 0 bridgehead atoms. The van der Waals surface area contributed by atoms with Gasteiger partial charge in [0.05, 0.1) is 5.70 Å². The van der Waals surface area contributed by atoms with E-state index in [1.807, 2.05) is 38.1 Å². The molecule has 23 heavy (non-hydrogen) atoms. The summed E-state index contributed by atoms with van der Waals surface area (Å²) < 4.78 is 0. The van der Waals surface area contributed by atoms with Crippen molar-refractivity contribution in [2.75, 3.05) is 5.73 Å². The third-order valence-corrected chi connectivity index (χ3v) is 3.85. The lowest BCUT2D eigenvalue weighted by Gasteiger charge is -2.36. The number of nitrogens with two attached hydrogens (primary N) is 2. The average molecular weight is 309 g/mol. The summed E-state index contributed by atoms with van der Waals surface area (Å²) in [4.78, 5) is 0. The standard InChI is InChI=1S/C13H18N2.C7H9N/c1-9(14)12-11-7-5-4-6-10(11)8-13(2,3)15-12;1-6-2-4-7(8)5-3-6/h4-7,15H,8,14H2,1-3H3;2-5H,8H2,1H3/b12-9+;. The van der Waals surface area contributed by atoms with E-state index in [-0.39, 0.29) is 5.54 Å². The van der Waals surface area contributed by atoms with Gasteiger partial charge in [0.25, 0.3) is 0 Å². The highest BCUT2D eigenvalue weighted by Crippen LogP contribution is 2.29. The molecule has 0 spiro atoms. The van der Waals surface area contributed by atoms with Gasteiger partial charge in [-0.3, -0.25) is 0 Å². The Balaban J connectivity index is 0.000000203. The Morgan fingerprint density at radius 3 is 2.22 bits per heavy atom. The number of allylic oxidation sites excluding steroid dienone is 1. The summed E-state index contributed by atoms with van der Waals surface area (Å²) in [6.07, 6.45) is 1.04. The third-order valence-electron chi connectivity index (χ3n) is 3.85. The van der Waals surface area contributed by atoms with Crippen molar-refractivity contribution in [3.05, 3.63) is 70.9 Å². The Morgan fingerprint density at radius 1 is 1.04 bits per heavy atom. The predicted octanol–water partition coefficient (Wildman–Crippen LogP) is 3.84. The topological polar surface area (TPSA) is 64.1 Å². The molecular formula is C20H27N3. The number of rotatable bonds is 0. The maximum absolute atomic E-state index is 5.92. The van der Waals surface area contributed by atoms with Gasteiger partial charge in [0.1, 0.15) is 0 Å². The van der Waals surface area contributed by atoms with Crippen molar-refractivity contribution >= 4 is 11.4 Å². The quantitative estimate of drug-likeness (QED) is 0.648. The van der Waals surface area contributed by atoms with Crippen LogP contribution >= 0.6 is 0 Å². The van der Waals surface area contributed by atoms with Crippen LogP contribution < -0.4 is 16.8 Å². The van der Waals surface area contributed by atoms with E-state index in [0.717, 1.165) is 23.5 Å². The van der Waals surface area contributed by atoms with Crippen molar-refractivity contribution in [1.82, 2.24) is 5.32 Å². The maximum Gasteiger partial charge on any atom is 0.0608 e. The number of fused-ring (bicyclic) bond motifs is 1. The first-order valence-corrected chi connectivity index (χ1v) is 7.93. The van der Waals surface area contributed by atoms with Crippen molar-refractivity contribution < 1.29 is 0 Å². The van der Waals surface area contributed by atoms with E-state index in [9.17, 15) is 0 Å². The predicted molar refractivity (Wildman–Crippen MR) is 99.7 cm³/mol. The van der Waals surface area contributed by atoms with E-state index in [2.05, 4.69) is 43.4 Å². The molecule has 0 atom stereocenters. The van der Waals surface area contributed by atoms with Gasteiger partial charge in [-0.2, -0.15) is 0 Å². The minimum absolute atomic E-state index is 0.0876. The summed E-state index contributed by atoms with van der Waals surface area (Å²) in [7, 11) is 0. The normalized spacial score (nSPS) is 17.2. The molecule has 1 aliphatic rings. The minimum Gasteiger partial charge on any atom is -0.401 e. The molecule has 0 fully saturated rings. The first-order chi connectivity index (χ1) is 10.8. The molecule has 0 saturated carbocycles. The summed E-state index contributed by atoms with van der Waals surface area (Å²) in [5.41, 5.74) is 18.1. The van der Waals surface area contributed by atoms with Crippen LogP contribution in [0.2, 0.25) is 0 Å². The molecule has 5 N–H and O–H groups in total. The molecule has 3 rings (SSSR count). The van der Waals surface area contributed by atoms with E-state index < -0.39 is 0 Å². The lowest BCUT2D eigenvalue weighted by Crippen LogP contribution is -2.44. The Bertz CT molecular complexity index is 672. The Kier molecular flexibility index (Phi) is 4.99.